The zero-order valence-electron chi connectivity index (χ0n) is 16.4. The van der Waals surface area contributed by atoms with Crippen LogP contribution in [0.25, 0.3) is 10.9 Å². The molecule has 0 atom stereocenters. The molecule has 0 spiro atoms. The number of nitrogens with zero attached hydrogens (tertiary/aromatic N) is 3. The Hall–Kier alpha value is -3.06. The van der Waals surface area contributed by atoms with Gasteiger partial charge in [0.2, 0.25) is 5.91 Å². The van der Waals surface area contributed by atoms with E-state index < -0.39 is 0 Å². The number of carbonyl (C=O) groups is 1. The molecular weight excluding hydrogens is 398 g/mol. The monoisotopic (exact) mass is 419 g/mol. The highest BCUT2D eigenvalue weighted by Gasteiger charge is 2.23. The average Bonchev–Trinajstić information content (AvgIpc) is 3.39. The number of aromatic nitrogens is 3. The first-order valence-electron chi connectivity index (χ1n) is 10.1. The lowest BCUT2D eigenvalue weighted by Crippen LogP contribution is -2.18. The lowest BCUT2D eigenvalue weighted by atomic mass is 9.96. The summed E-state index contributed by atoms with van der Waals surface area (Å²) in [6.45, 7) is 0.196. The van der Waals surface area contributed by atoms with Crippen LogP contribution in [-0.4, -0.2) is 26.4 Å². The number of hydrogen-bond acceptors (Lipinski definition) is 6. The Morgan fingerprint density at radius 3 is 2.73 bits per heavy atom. The molecule has 152 valence electrons. The lowest BCUT2D eigenvalue weighted by molar-refractivity contribution is 0.0943. The quantitative estimate of drug-likeness (QED) is 0.414. The number of rotatable bonds is 6. The van der Waals surface area contributed by atoms with Gasteiger partial charge < -0.3 is 9.15 Å². The first-order valence-corrected chi connectivity index (χ1v) is 11.1. The predicted octanol–water partition coefficient (Wildman–Crippen LogP) is 4.91. The average molecular weight is 420 g/mol. The molecule has 2 heterocycles. The van der Waals surface area contributed by atoms with Gasteiger partial charge in [0.1, 0.15) is 5.75 Å². The zero-order chi connectivity index (χ0) is 20.3. The second-order valence-electron chi connectivity index (χ2n) is 7.23. The molecule has 5 rings (SSSR count). The van der Waals surface area contributed by atoms with Crippen LogP contribution >= 0.6 is 11.8 Å². The number of fused-ring (bicyclic) bond motifs is 3. The highest BCUT2D eigenvalue weighted by molar-refractivity contribution is 7.99. The van der Waals surface area contributed by atoms with Crippen LogP contribution in [0, 0.1) is 0 Å². The molecule has 1 aliphatic carbocycles. The Bertz CT molecular complexity index is 1180. The predicted molar refractivity (Wildman–Crippen MR) is 115 cm³/mol. The van der Waals surface area contributed by atoms with E-state index in [1.165, 1.54) is 29.1 Å². The summed E-state index contributed by atoms with van der Waals surface area (Å²) in [6.07, 6.45) is 4.29. The molecule has 0 saturated carbocycles. The van der Waals surface area contributed by atoms with Gasteiger partial charge in [-0.25, -0.2) is 0 Å². The minimum Gasteiger partial charge on any atom is -0.484 e. The maximum Gasteiger partial charge on any atom is 0.277 e. The molecule has 6 nitrogen and oxygen atoms in total. The van der Waals surface area contributed by atoms with E-state index in [1.54, 1.807) is 0 Å². The van der Waals surface area contributed by atoms with Crippen LogP contribution < -0.4 is 4.74 Å². The van der Waals surface area contributed by atoms with Gasteiger partial charge in [-0.3, -0.25) is 9.36 Å². The fourth-order valence-corrected chi connectivity index (χ4v) is 4.61. The van der Waals surface area contributed by atoms with Crippen LogP contribution in [0.4, 0.5) is 0 Å². The van der Waals surface area contributed by atoms with E-state index in [9.17, 15) is 4.79 Å². The van der Waals surface area contributed by atoms with Gasteiger partial charge in [-0.05, 0) is 49.4 Å². The second kappa shape index (κ2) is 8.36. The molecule has 7 heteroatoms. The van der Waals surface area contributed by atoms with Crippen LogP contribution in [-0.2, 0) is 19.4 Å². The Kier molecular flexibility index (Phi) is 5.27. The number of para-hydroxylation sites is 2. The Balaban J connectivity index is 1.28. The van der Waals surface area contributed by atoms with Crippen molar-refractivity contribution in [3.05, 3.63) is 71.7 Å². The summed E-state index contributed by atoms with van der Waals surface area (Å²) in [5.41, 5.74) is 3.49. The Labute approximate surface area is 178 Å². The molecule has 0 N–H and O–H groups in total. The van der Waals surface area contributed by atoms with Gasteiger partial charge in [0.25, 0.3) is 11.1 Å². The summed E-state index contributed by atoms with van der Waals surface area (Å²) in [4.78, 5) is 13.1. The van der Waals surface area contributed by atoms with Crippen molar-refractivity contribution in [1.29, 1.82) is 0 Å². The minimum atomic E-state index is 0.0413. The minimum absolute atomic E-state index is 0.0413. The van der Waals surface area contributed by atoms with Gasteiger partial charge in [-0.1, -0.05) is 48.2 Å². The topological polar surface area (TPSA) is 70.2 Å². The molecule has 1 aliphatic rings. The van der Waals surface area contributed by atoms with Crippen LogP contribution in [0.1, 0.15) is 34.8 Å². The maximum atomic E-state index is 13.1. The molecule has 0 amide bonds. The van der Waals surface area contributed by atoms with E-state index in [0.717, 1.165) is 36.2 Å². The molecule has 30 heavy (non-hydrogen) atoms. The van der Waals surface area contributed by atoms with Crippen LogP contribution in [0.3, 0.4) is 0 Å². The van der Waals surface area contributed by atoms with E-state index in [1.807, 2.05) is 53.1 Å². The summed E-state index contributed by atoms with van der Waals surface area (Å²) in [6, 6.07) is 17.6. The third-order valence-corrected chi connectivity index (χ3v) is 6.10. The summed E-state index contributed by atoms with van der Waals surface area (Å²) >= 11 is 1.26. The summed E-state index contributed by atoms with van der Waals surface area (Å²) in [5, 5.41) is 9.62. The standard InChI is InChI=1S/C23H21N3O3S/c27-22(26-19-12-6-4-10-17(19)18-11-5-7-13-20(18)26)15-30-23-25-24-21(29-23)14-28-16-8-2-1-3-9-16/h1-4,6,8-10,12H,5,7,11,13-15H2. The molecule has 0 saturated heterocycles. The van der Waals surface area contributed by atoms with Crippen LogP contribution in [0.15, 0.2) is 64.2 Å². The number of carbonyl (C=O) groups excluding carboxylic acids is 1. The Morgan fingerprint density at radius 1 is 1.03 bits per heavy atom. The van der Waals surface area contributed by atoms with Crippen molar-refractivity contribution in [2.45, 2.75) is 37.5 Å². The first-order chi connectivity index (χ1) is 14.8. The van der Waals surface area contributed by atoms with Gasteiger partial charge in [0, 0.05) is 11.1 Å². The van der Waals surface area contributed by atoms with Crippen LogP contribution in [0.5, 0.6) is 5.75 Å². The van der Waals surface area contributed by atoms with Crippen molar-refractivity contribution >= 4 is 28.6 Å². The lowest BCUT2D eigenvalue weighted by Gasteiger charge is -2.14. The zero-order valence-corrected chi connectivity index (χ0v) is 17.2. The molecule has 4 aromatic rings. The third-order valence-electron chi connectivity index (χ3n) is 5.30. The summed E-state index contributed by atoms with van der Waals surface area (Å²) in [5.74, 6) is 1.41. The van der Waals surface area contributed by atoms with Gasteiger partial charge in [0.05, 0.1) is 11.3 Å². The normalized spacial score (nSPS) is 13.3. The van der Waals surface area contributed by atoms with Crippen molar-refractivity contribution < 1.29 is 13.9 Å². The van der Waals surface area contributed by atoms with Gasteiger partial charge in [-0.2, -0.15) is 0 Å². The Morgan fingerprint density at radius 2 is 1.83 bits per heavy atom. The molecule has 0 fully saturated rings. The molecule has 0 aliphatic heterocycles. The van der Waals surface area contributed by atoms with E-state index in [4.69, 9.17) is 9.15 Å². The number of benzene rings is 2. The first kappa shape index (κ1) is 18.9. The molecule has 0 unspecified atom stereocenters. The number of aryl methyl sites for hydroxylation is 1. The smallest absolute Gasteiger partial charge is 0.277 e. The van der Waals surface area contributed by atoms with Crippen LogP contribution in [0.2, 0.25) is 0 Å². The molecule has 0 bridgehead atoms. The fraction of sp³-hybridized carbons (Fsp3) is 0.261. The SMILES string of the molecule is O=C(CSc1nnc(COc2ccccc2)o1)n1c2c(c3ccccc31)CCCC2. The maximum absolute atomic E-state index is 13.1. The van der Waals surface area contributed by atoms with Crippen molar-refractivity contribution in [2.24, 2.45) is 0 Å². The van der Waals surface area contributed by atoms with Gasteiger partial charge in [0.15, 0.2) is 6.61 Å². The number of thioether (sulfide) groups is 1. The van der Waals surface area contributed by atoms with E-state index in [-0.39, 0.29) is 18.3 Å². The highest BCUT2D eigenvalue weighted by atomic mass is 32.2. The largest absolute Gasteiger partial charge is 0.484 e. The van der Waals surface area contributed by atoms with Crippen molar-refractivity contribution in [3.8, 4) is 5.75 Å². The number of ether oxygens (including phenoxy) is 1. The van der Waals surface area contributed by atoms with Gasteiger partial charge in [-0.15, -0.1) is 10.2 Å². The summed E-state index contributed by atoms with van der Waals surface area (Å²) < 4.78 is 13.1. The molecule has 0 radical (unpaired) electrons. The fourth-order valence-electron chi connectivity index (χ4n) is 3.99. The van der Waals surface area contributed by atoms with E-state index in [0.29, 0.717) is 11.1 Å². The van der Waals surface area contributed by atoms with Gasteiger partial charge >= 0.3 is 0 Å². The van der Waals surface area contributed by atoms with E-state index in [2.05, 4.69) is 16.3 Å². The molecule has 2 aromatic carbocycles. The van der Waals surface area contributed by atoms with E-state index >= 15 is 0 Å². The second-order valence-corrected chi connectivity index (χ2v) is 8.16. The van der Waals surface area contributed by atoms with Crippen molar-refractivity contribution in [1.82, 2.24) is 14.8 Å². The van der Waals surface area contributed by atoms with Crippen molar-refractivity contribution in [2.75, 3.05) is 5.75 Å². The third kappa shape index (κ3) is 3.73. The number of hydrogen-bond donors (Lipinski definition) is 0. The van der Waals surface area contributed by atoms with Crippen molar-refractivity contribution in [3.63, 3.8) is 0 Å². The molecular formula is C23H21N3O3S. The summed E-state index contributed by atoms with van der Waals surface area (Å²) in [7, 11) is 0. The molecule has 2 aromatic heterocycles. The highest BCUT2D eigenvalue weighted by Crippen LogP contribution is 2.32.